The van der Waals surface area contributed by atoms with Crippen LogP contribution < -0.4 is 10.8 Å². The highest BCUT2D eigenvalue weighted by Crippen LogP contribution is 2.48. The van der Waals surface area contributed by atoms with Crippen molar-refractivity contribution in [3.05, 3.63) is 109 Å². The van der Waals surface area contributed by atoms with Crippen LogP contribution in [0.3, 0.4) is 0 Å². The monoisotopic (exact) mass is 622 g/mol. The predicted octanol–water partition coefficient (Wildman–Crippen LogP) is 5.89. The van der Waals surface area contributed by atoms with Gasteiger partial charge in [-0.05, 0) is 53.3 Å². The summed E-state index contributed by atoms with van der Waals surface area (Å²) in [4.78, 5) is 59.1. The first-order valence-corrected chi connectivity index (χ1v) is 15.0. The van der Waals surface area contributed by atoms with Gasteiger partial charge in [-0.15, -0.1) is 0 Å². The molecule has 4 atom stereocenters. The number of carbonyl (C=O) groups excluding carboxylic acids is 3. The molecule has 0 radical (unpaired) electrons. The number of nitroso groups, excluding NO2 is 1. The Morgan fingerprint density at radius 1 is 0.977 bits per heavy atom. The summed E-state index contributed by atoms with van der Waals surface area (Å²) in [7, 11) is 1.59. The minimum Gasteiger partial charge on any atom is -0.359 e. The summed E-state index contributed by atoms with van der Waals surface area (Å²) in [6.45, 7) is 0.0785. The SMILES string of the molecule is CNC(=O)Cc1ccc(CONC(=O)[C@@H]2c3ccccc3C(=O)N([C@H]3CCCC[C@@H]3N=O)[C@H]2c2ccc(Cl)cc2Cl)cc1. The van der Waals surface area contributed by atoms with Crippen LogP contribution in [-0.4, -0.2) is 41.8 Å². The number of nitrogens with zero attached hydrogens (tertiary/aromatic N) is 2. The second-order valence-corrected chi connectivity index (χ2v) is 11.7. The highest BCUT2D eigenvalue weighted by atomic mass is 35.5. The molecule has 2 aliphatic rings. The van der Waals surface area contributed by atoms with Gasteiger partial charge in [-0.1, -0.05) is 89.8 Å². The van der Waals surface area contributed by atoms with Crippen LogP contribution in [0.25, 0.3) is 0 Å². The fourth-order valence-electron chi connectivity index (χ4n) is 6.09. The summed E-state index contributed by atoms with van der Waals surface area (Å²) in [6.07, 6.45) is 3.06. The number of likely N-dealkylation sites (N-methyl/N-ethyl adjacent to an activating group) is 1. The van der Waals surface area contributed by atoms with Gasteiger partial charge in [0.05, 0.1) is 31.0 Å². The van der Waals surface area contributed by atoms with Gasteiger partial charge in [-0.2, -0.15) is 4.91 Å². The molecule has 9 nitrogen and oxygen atoms in total. The number of hydrogen-bond acceptors (Lipinski definition) is 6. The first kappa shape index (κ1) is 30.7. The number of hydrogen-bond donors (Lipinski definition) is 2. The lowest BCUT2D eigenvalue weighted by Gasteiger charge is -2.47. The van der Waals surface area contributed by atoms with Crippen molar-refractivity contribution in [1.82, 2.24) is 15.7 Å². The average molecular weight is 624 g/mol. The molecule has 2 N–H and O–H groups in total. The maximum absolute atomic E-state index is 14.1. The molecular formula is C32H32Cl2N4O5. The van der Waals surface area contributed by atoms with Gasteiger partial charge < -0.3 is 10.2 Å². The van der Waals surface area contributed by atoms with Crippen molar-refractivity contribution in [1.29, 1.82) is 0 Å². The third-order valence-corrected chi connectivity index (χ3v) is 8.77. The number of fused-ring (bicyclic) bond motifs is 1. The normalized spacial score (nSPS) is 21.6. The maximum atomic E-state index is 14.1. The first-order chi connectivity index (χ1) is 20.8. The van der Waals surface area contributed by atoms with E-state index in [4.69, 9.17) is 28.0 Å². The lowest BCUT2D eigenvalue weighted by molar-refractivity contribution is -0.138. The Balaban J connectivity index is 1.47. The summed E-state index contributed by atoms with van der Waals surface area (Å²) in [6, 6.07) is 17.3. The molecule has 1 saturated carbocycles. The van der Waals surface area contributed by atoms with E-state index in [1.54, 1.807) is 54.4 Å². The van der Waals surface area contributed by atoms with Crippen molar-refractivity contribution in [3.63, 3.8) is 0 Å². The standard InChI is InChI=1S/C32H32Cl2N4O5/c1-35-28(39)16-19-10-12-20(13-11-19)18-43-37-31(40)29-22-6-2-3-7-23(22)32(41)38(27-9-5-4-8-26(27)36-42)30(29)24-15-14-21(33)17-25(24)34/h2-3,6-7,10-15,17,26-27,29-30H,4-5,8-9,16,18H2,1H3,(H,35,39)(H,37,40)/t26-,27-,29+,30-/m0/s1. The minimum absolute atomic E-state index is 0.0785. The Morgan fingerprint density at radius 2 is 1.70 bits per heavy atom. The molecule has 0 spiro atoms. The summed E-state index contributed by atoms with van der Waals surface area (Å²) in [5, 5.41) is 6.71. The van der Waals surface area contributed by atoms with Crippen LogP contribution in [0.5, 0.6) is 0 Å². The Morgan fingerprint density at radius 3 is 2.42 bits per heavy atom. The van der Waals surface area contributed by atoms with Gasteiger partial charge in [-0.25, -0.2) is 5.48 Å². The van der Waals surface area contributed by atoms with Crippen LogP contribution >= 0.6 is 23.2 Å². The zero-order valence-corrected chi connectivity index (χ0v) is 25.1. The number of benzene rings is 3. The van der Waals surface area contributed by atoms with Gasteiger partial charge in [0.1, 0.15) is 6.04 Å². The van der Waals surface area contributed by atoms with Crippen LogP contribution in [0.2, 0.25) is 10.0 Å². The lowest BCUT2D eigenvalue weighted by Crippen LogP contribution is -2.55. The lowest BCUT2D eigenvalue weighted by atomic mass is 9.76. The number of hydroxylamine groups is 1. The fourth-order valence-corrected chi connectivity index (χ4v) is 6.61. The van der Waals surface area contributed by atoms with Gasteiger partial charge in [0, 0.05) is 22.7 Å². The number of carbonyl (C=O) groups is 3. The molecule has 0 saturated heterocycles. The van der Waals surface area contributed by atoms with Crippen LogP contribution in [-0.2, 0) is 27.5 Å². The predicted molar refractivity (Wildman–Crippen MR) is 164 cm³/mol. The van der Waals surface area contributed by atoms with Crippen LogP contribution in [0.1, 0.15) is 70.3 Å². The van der Waals surface area contributed by atoms with Crippen molar-refractivity contribution >= 4 is 40.9 Å². The zero-order valence-electron chi connectivity index (χ0n) is 23.6. The summed E-state index contributed by atoms with van der Waals surface area (Å²) < 4.78 is 0. The summed E-state index contributed by atoms with van der Waals surface area (Å²) in [5.74, 6) is -1.75. The highest BCUT2D eigenvalue weighted by Gasteiger charge is 2.49. The number of amides is 3. The molecule has 3 aromatic rings. The zero-order chi connectivity index (χ0) is 30.5. The summed E-state index contributed by atoms with van der Waals surface area (Å²) in [5.41, 5.74) is 5.69. The maximum Gasteiger partial charge on any atom is 0.255 e. The molecule has 1 heterocycles. The van der Waals surface area contributed by atoms with Crippen molar-refractivity contribution < 1.29 is 19.2 Å². The molecule has 1 fully saturated rings. The molecule has 5 rings (SSSR count). The van der Waals surface area contributed by atoms with Gasteiger partial charge in [0.25, 0.3) is 11.8 Å². The molecule has 0 unspecified atom stereocenters. The van der Waals surface area contributed by atoms with E-state index in [2.05, 4.69) is 16.0 Å². The van der Waals surface area contributed by atoms with E-state index in [0.29, 0.717) is 39.6 Å². The molecule has 224 valence electrons. The van der Waals surface area contributed by atoms with E-state index in [9.17, 15) is 19.3 Å². The molecule has 3 amide bonds. The smallest absolute Gasteiger partial charge is 0.255 e. The van der Waals surface area contributed by atoms with Gasteiger partial charge >= 0.3 is 0 Å². The van der Waals surface area contributed by atoms with Crippen LogP contribution in [0.15, 0.2) is 71.9 Å². The van der Waals surface area contributed by atoms with E-state index < -0.39 is 30.0 Å². The van der Waals surface area contributed by atoms with Gasteiger partial charge in [0.2, 0.25) is 5.91 Å². The Bertz CT molecular complexity index is 1520. The Kier molecular flexibility index (Phi) is 9.75. The third-order valence-electron chi connectivity index (χ3n) is 8.20. The fraction of sp³-hybridized carbons (Fsp3) is 0.344. The largest absolute Gasteiger partial charge is 0.359 e. The van der Waals surface area contributed by atoms with Crippen molar-refractivity contribution in [3.8, 4) is 0 Å². The average Bonchev–Trinajstić information content (AvgIpc) is 3.02. The number of nitrogens with one attached hydrogen (secondary N) is 2. The third kappa shape index (κ3) is 6.59. The van der Waals surface area contributed by atoms with E-state index >= 15 is 0 Å². The van der Waals surface area contributed by atoms with Crippen LogP contribution in [0.4, 0.5) is 0 Å². The summed E-state index contributed by atoms with van der Waals surface area (Å²) >= 11 is 12.9. The van der Waals surface area contributed by atoms with Crippen molar-refractivity contribution in [2.24, 2.45) is 5.18 Å². The van der Waals surface area contributed by atoms with Crippen molar-refractivity contribution in [2.45, 2.75) is 62.8 Å². The van der Waals surface area contributed by atoms with Crippen molar-refractivity contribution in [2.75, 3.05) is 7.05 Å². The van der Waals surface area contributed by atoms with E-state index in [1.807, 2.05) is 24.3 Å². The van der Waals surface area contributed by atoms with E-state index in [0.717, 1.165) is 24.0 Å². The Hall–Kier alpha value is -3.79. The topological polar surface area (TPSA) is 117 Å². The molecule has 11 heteroatoms. The highest BCUT2D eigenvalue weighted by molar-refractivity contribution is 6.35. The number of rotatable bonds is 9. The van der Waals surface area contributed by atoms with Crippen LogP contribution in [0, 0.1) is 4.91 Å². The van der Waals surface area contributed by atoms with E-state index in [-0.39, 0.29) is 24.8 Å². The molecule has 43 heavy (non-hydrogen) atoms. The molecular weight excluding hydrogens is 591 g/mol. The molecule has 1 aliphatic carbocycles. The first-order valence-electron chi connectivity index (χ1n) is 14.2. The number of halogens is 2. The molecule has 3 aromatic carbocycles. The molecule has 0 bridgehead atoms. The second-order valence-electron chi connectivity index (χ2n) is 10.8. The van der Waals surface area contributed by atoms with E-state index in [1.165, 1.54) is 0 Å². The quantitative estimate of drug-likeness (QED) is 0.228. The molecule has 1 aliphatic heterocycles. The Labute approximate surface area is 259 Å². The van der Waals surface area contributed by atoms with Gasteiger partial charge in [-0.3, -0.25) is 19.2 Å². The minimum atomic E-state index is -0.906. The van der Waals surface area contributed by atoms with Gasteiger partial charge in [0.15, 0.2) is 0 Å². The second kappa shape index (κ2) is 13.7. The molecule has 0 aromatic heterocycles.